The van der Waals surface area contributed by atoms with Gasteiger partial charge < -0.3 is 0 Å². The Kier molecular flexibility index (Phi) is 8.38. The monoisotopic (exact) mass is 197 g/mol. The molecule has 0 amide bonds. The quantitative estimate of drug-likeness (QED) is 0.471. The third-order valence-electron chi connectivity index (χ3n) is 1.12. The van der Waals surface area contributed by atoms with Gasteiger partial charge in [-0.05, 0) is 27.2 Å². The Morgan fingerprint density at radius 3 is 2.09 bits per heavy atom. The van der Waals surface area contributed by atoms with Gasteiger partial charge >= 0.3 is 0 Å². The standard InChI is InChI=1S/C10H18.Co/c1-5-6-7-8-9-10(2,3)4;/h5-7H2,1-4H3;. The fraction of sp³-hybridized carbons (Fsp3) is 0.800. The summed E-state index contributed by atoms with van der Waals surface area (Å²) in [6, 6.07) is 0. The molecule has 0 aliphatic carbocycles. The van der Waals surface area contributed by atoms with E-state index < -0.39 is 0 Å². The van der Waals surface area contributed by atoms with E-state index in [0.717, 1.165) is 6.42 Å². The zero-order valence-corrected chi connectivity index (χ0v) is 9.00. The molecule has 0 saturated heterocycles. The predicted octanol–water partition coefficient (Wildman–Crippen LogP) is 3.22. The fourth-order valence-electron chi connectivity index (χ4n) is 0.593. The van der Waals surface area contributed by atoms with Crippen molar-refractivity contribution in [1.29, 1.82) is 0 Å². The molecule has 0 heterocycles. The SMILES string of the molecule is CCCCC#CC(C)(C)C.[Co]. The summed E-state index contributed by atoms with van der Waals surface area (Å²) in [6.45, 7) is 8.63. The second-order valence-corrected chi connectivity index (χ2v) is 3.66. The van der Waals surface area contributed by atoms with Crippen LogP contribution in [-0.2, 0) is 16.8 Å². The van der Waals surface area contributed by atoms with Crippen molar-refractivity contribution in [2.24, 2.45) is 5.41 Å². The first-order chi connectivity index (χ1) is 4.56. The zero-order valence-electron chi connectivity index (χ0n) is 7.95. The van der Waals surface area contributed by atoms with Crippen molar-refractivity contribution in [2.75, 3.05) is 0 Å². The molecule has 0 rings (SSSR count). The largest absolute Gasteiger partial charge is 0.103 e. The molecule has 0 aromatic carbocycles. The Bertz CT molecular complexity index is 131. The molecule has 0 atom stereocenters. The summed E-state index contributed by atoms with van der Waals surface area (Å²) in [7, 11) is 0. The first-order valence-electron chi connectivity index (χ1n) is 4.06. The van der Waals surface area contributed by atoms with Gasteiger partial charge in [-0.15, -0.1) is 5.92 Å². The molecule has 0 aromatic rings. The second kappa shape index (κ2) is 6.76. The molecule has 1 heteroatoms. The number of rotatable bonds is 2. The minimum absolute atomic E-state index is 0. The van der Waals surface area contributed by atoms with Gasteiger partial charge in [0.1, 0.15) is 0 Å². The van der Waals surface area contributed by atoms with Crippen LogP contribution in [0.4, 0.5) is 0 Å². The summed E-state index contributed by atoms with van der Waals surface area (Å²) in [6.07, 6.45) is 3.55. The van der Waals surface area contributed by atoms with E-state index in [2.05, 4.69) is 39.5 Å². The van der Waals surface area contributed by atoms with Crippen molar-refractivity contribution in [3.05, 3.63) is 0 Å². The molecule has 0 aliphatic rings. The number of unbranched alkanes of at least 4 members (excludes halogenated alkanes) is 2. The summed E-state index contributed by atoms with van der Waals surface area (Å²) in [5.74, 6) is 6.38. The van der Waals surface area contributed by atoms with Crippen LogP contribution >= 0.6 is 0 Å². The minimum atomic E-state index is 0. The molecular formula is C10H18Co. The van der Waals surface area contributed by atoms with E-state index in [-0.39, 0.29) is 22.2 Å². The van der Waals surface area contributed by atoms with Crippen LogP contribution in [0.2, 0.25) is 0 Å². The van der Waals surface area contributed by atoms with Gasteiger partial charge in [0.05, 0.1) is 0 Å². The van der Waals surface area contributed by atoms with Crippen molar-refractivity contribution in [1.82, 2.24) is 0 Å². The molecule has 67 valence electrons. The number of hydrogen-bond acceptors (Lipinski definition) is 0. The van der Waals surface area contributed by atoms with Crippen molar-refractivity contribution in [3.8, 4) is 11.8 Å². The minimum Gasteiger partial charge on any atom is -0.103 e. The second-order valence-electron chi connectivity index (χ2n) is 3.66. The van der Waals surface area contributed by atoms with Crippen LogP contribution in [0.15, 0.2) is 0 Å². The van der Waals surface area contributed by atoms with Crippen LogP contribution in [0.25, 0.3) is 0 Å². The predicted molar refractivity (Wildman–Crippen MR) is 46.8 cm³/mol. The van der Waals surface area contributed by atoms with Crippen LogP contribution in [-0.4, -0.2) is 0 Å². The Morgan fingerprint density at radius 2 is 1.73 bits per heavy atom. The van der Waals surface area contributed by atoms with Crippen LogP contribution in [0, 0.1) is 17.3 Å². The van der Waals surface area contributed by atoms with Gasteiger partial charge in [-0.3, -0.25) is 0 Å². The summed E-state index contributed by atoms with van der Waals surface area (Å²) < 4.78 is 0. The Labute approximate surface area is 81.3 Å². The molecule has 0 spiro atoms. The van der Waals surface area contributed by atoms with E-state index in [1.165, 1.54) is 12.8 Å². The third-order valence-corrected chi connectivity index (χ3v) is 1.12. The van der Waals surface area contributed by atoms with Crippen molar-refractivity contribution < 1.29 is 16.8 Å². The Hall–Kier alpha value is 0.0665. The normalized spacial score (nSPS) is 9.45. The summed E-state index contributed by atoms with van der Waals surface area (Å²) in [5.41, 5.74) is 0.188. The van der Waals surface area contributed by atoms with Crippen LogP contribution in [0.5, 0.6) is 0 Å². The zero-order chi connectivity index (χ0) is 8.04. The molecule has 0 unspecified atom stereocenters. The summed E-state index contributed by atoms with van der Waals surface area (Å²) in [5, 5.41) is 0. The molecule has 0 fully saturated rings. The Morgan fingerprint density at radius 1 is 1.18 bits per heavy atom. The number of hydrogen-bond donors (Lipinski definition) is 0. The smallest absolute Gasteiger partial charge is 0.0230 e. The fourth-order valence-corrected chi connectivity index (χ4v) is 0.593. The molecule has 0 bridgehead atoms. The maximum Gasteiger partial charge on any atom is 0.0230 e. The Balaban J connectivity index is 0. The van der Waals surface area contributed by atoms with Crippen LogP contribution < -0.4 is 0 Å². The van der Waals surface area contributed by atoms with E-state index in [0.29, 0.717) is 0 Å². The maximum atomic E-state index is 3.21. The maximum absolute atomic E-state index is 3.21. The van der Waals surface area contributed by atoms with Gasteiger partial charge in [-0.1, -0.05) is 19.3 Å². The molecule has 0 nitrogen and oxygen atoms in total. The molecule has 11 heavy (non-hydrogen) atoms. The van der Waals surface area contributed by atoms with Crippen molar-refractivity contribution >= 4 is 0 Å². The van der Waals surface area contributed by atoms with E-state index in [9.17, 15) is 0 Å². The molecule has 0 aliphatic heterocycles. The average Bonchev–Trinajstić information content (AvgIpc) is 1.78. The van der Waals surface area contributed by atoms with Gasteiger partial charge in [-0.25, -0.2) is 0 Å². The van der Waals surface area contributed by atoms with Gasteiger partial charge in [0.2, 0.25) is 0 Å². The van der Waals surface area contributed by atoms with E-state index in [1.807, 2.05) is 0 Å². The van der Waals surface area contributed by atoms with Crippen LogP contribution in [0.1, 0.15) is 47.0 Å². The molecule has 0 saturated carbocycles. The van der Waals surface area contributed by atoms with Gasteiger partial charge in [0, 0.05) is 28.6 Å². The molecular weight excluding hydrogens is 179 g/mol. The molecule has 0 aromatic heterocycles. The van der Waals surface area contributed by atoms with E-state index in [1.54, 1.807) is 0 Å². The summed E-state index contributed by atoms with van der Waals surface area (Å²) in [4.78, 5) is 0. The first-order valence-corrected chi connectivity index (χ1v) is 4.06. The van der Waals surface area contributed by atoms with Gasteiger partial charge in [0.25, 0.3) is 0 Å². The van der Waals surface area contributed by atoms with Crippen molar-refractivity contribution in [2.45, 2.75) is 47.0 Å². The van der Waals surface area contributed by atoms with E-state index in [4.69, 9.17) is 0 Å². The third kappa shape index (κ3) is 13.1. The topological polar surface area (TPSA) is 0 Å². The summed E-state index contributed by atoms with van der Waals surface area (Å²) >= 11 is 0. The van der Waals surface area contributed by atoms with Crippen LogP contribution in [0.3, 0.4) is 0 Å². The molecule has 1 radical (unpaired) electrons. The average molecular weight is 197 g/mol. The van der Waals surface area contributed by atoms with Crippen molar-refractivity contribution in [3.63, 3.8) is 0 Å². The van der Waals surface area contributed by atoms with E-state index >= 15 is 0 Å². The van der Waals surface area contributed by atoms with Gasteiger partial charge in [0.15, 0.2) is 0 Å². The first kappa shape index (κ1) is 13.6. The van der Waals surface area contributed by atoms with Gasteiger partial charge in [-0.2, -0.15) is 0 Å². The molecule has 0 N–H and O–H groups in total.